The summed E-state index contributed by atoms with van der Waals surface area (Å²) in [6, 6.07) is 14.9. The van der Waals surface area contributed by atoms with Crippen LogP contribution in [-0.2, 0) is 19.4 Å². The number of rotatable bonds is 5. The highest BCUT2D eigenvalue weighted by Gasteiger charge is 2.35. The van der Waals surface area contributed by atoms with Crippen molar-refractivity contribution in [2.24, 2.45) is 0 Å². The summed E-state index contributed by atoms with van der Waals surface area (Å²) in [5.41, 5.74) is 5.03. The van der Waals surface area contributed by atoms with Gasteiger partial charge in [0.2, 0.25) is 6.79 Å². The topological polar surface area (TPSA) is 83.3 Å². The van der Waals surface area contributed by atoms with Crippen LogP contribution in [0.4, 0.5) is 5.69 Å². The van der Waals surface area contributed by atoms with Crippen molar-refractivity contribution < 1.29 is 23.3 Å². The van der Waals surface area contributed by atoms with E-state index in [4.69, 9.17) is 18.4 Å². The Morgan fingerprint density at radius 3 is 2.65 bits per heavy atom. The molecule has 0 saturated carbocycles. The Labute approximate surface area is 200 Å². The van der Waals surface area contributed by atoms with Crippen molar-refractivity contribution in [1.29, 1.82) is 0 Å². The number of hydrogen-bond donors (Lipinski definition) is 0. The van der Waals surface area contributed by atoms with Crippen molar-refractivity contribution in [2.75, 3.05) is 20.4 Å². The molecule has 0 aromatic heterocycles. The zero-order valence-electron chi connectivity index (χ0n) is 18.5. The summed E-state index contributed by atoms with van der Waals surface area (Å²) in [6.45, 7) is 1.98. The molecule has 34 heavy (non-hydrogen) atoms. The predicted molar refractivity (Wildman–Crippen MR) is 126 cm³/mol. The molecule has 3 aliphatic heterocycles. The fourth-order valence-corrected chi connectivity index (χ4v) is 5.57. The molecule has 0 spiro atoms. The lowest BCUT2D eigenvalue weighted by molar-refractivity contribution is -0.384. The first-order valence-electron chi connectivity index (χ1n) is 11.0. The van der Waals surface area contributed by atoms with Crippen LogP contribution in [0.25, 0.3) is 0 Å². The molecule has 0 bridgehead atoms. The molecule has 0 aliphatic carbocycles. The molecule has 3 aromatic carbocycles. The zero-order valence-corrected chi connectivity index (χ0v) is 19.3. The Balaban J connectivity index is 1.29. The van der Waals surface area contributed by atoms with E-state index in [0.717, 1.165) is 47.9 Å². The van der Waals surface area contributed by atoms with Gasteiger partial charge in [0.05, 0.1) is 24.1 Å². The molecule has 3 aliphatic rings. The highest BCUT2D eigenvalue weighted by atomic mass is 32.2. The van der Waals surface area contributed by atoms with Gasteiger partial charge in [-0.3, -0.25) is 15.0 Å². The van der Waals surface area contributed by atoms with Gasteiger partial charge in [-0.25, -0.2) is 0 Å². The van der Waals surface area contributed by atoms with Gasteiger partial charge in [0.1, 0.15) is 0 Å². The van der Waals surface area contributed by atoms with Crippen LogP contribution in [0.3, 0.4) is 0 Å². The fraction of sp³-hybridized carbons (Fsp3) is 0.280. The van der Waals surface area contributed by atoms with E-state index in [9.17, 15) is 10.1 Å². The molecule has 1 atom stereocenters. The zero-order chi connectivity index (χ0) is 23.2. The Hall–Kier alpha value is -3.43. The summed E-state index contributed by atoms with van der Waals surface area (Å²) in [4.78, 5) is 13.8. The molecule has 9 heteroatoms. The lowest BCUT2D eigenvalue weighted by Gasteiger charge is -2.42. The lowest BCUT2D eigenvalue weighted by atomic mass is 9.83. The van der Waals surface area contributed by atoms with Gasteiger partial charge in [0, 0.05) is 41.7 Å². The van der Waals surface area contributed by atoms with E-state index in [1.54, 1.807) is 19.2 Å². The summed E-state index contributed by atoms with van der Waals surface area (Å²) in [5.74, 6) is 3.04. The maximum Gasteiger partial charge on any atom is 0.269 e. The summed E-state index contributed by atoms with van der Waals surface area (Å²) in [6.07, 6.45) is 1.82. The van der Waals surface area contributed by atoms with Crippen LogP contribution in [0.2, 0.25) is 0 Å². The molecule has 0 amide bonds. The number of non-ortho nitro benzene ring substituents is 1. The number of fused-ring (bicyclic) bond motifs is 5. The molecular weight excluding hydrogens is 456 g/mol. The Morgan fingerprint density at radius 2 is 1.88 bits per heavy atom. The number of ether oxygens (including phenoxy) is 3. The largest absolute Gasteiger partial charge is 0.493 e. The monoisotopic (exact) mass is 478 g/mol. The van der Waals surface area contributed by atoms with Crippen LogP contribution in [0.15, 0.2) is 53.4 Å². The lowest BCUT2D eigenvalue weighted by Crippen LogP contribution is -2.39. The SMILES string of the molecule is COc1ccc2c(c1OSc1ccc([N+](=O)[O-])cc1)CN1CCc3cc4c(cc3C1C2)OCO4. The van der Waals surface area contributed by atoms with Crippen LogP contribution in [0, 0.1) is 10.1 Å². The standard InChI is InChI=1S/C25H22N2O6S/c1-30-22-7-2-15-10-21-19-12-24-23(31-14-32-24)11-16(19)8-9-26(21)13-20(15)25(22)33-34-18-5-3-17(4-6-18)27(28)29/h2-7,11-12,21H,8-10,13-14H2,1H3. The van der Waals surface area contributed by atoms with Crippen LogP contribution >= 0.6 is 12.0 Å². The van der Waals surface area contributed by atoms with Gasteiger partial charge >= 0.3 is 0 Å². The fourth-order valence-electron chi connectivity index (χ4n) is 4.96. The van der Waals surface area contributed by atoms with E-state index in [0.29, 0.717) is 11.5 Å². The third kappa shape index (κ3) is 3.61. The van der Waals surface area contributed by atoms with E-state index in [1.807, 2.05) is 6.07 Å². The predicted octanol–water partition coefficient (Wildman–Crippen LogP) is 5.07. The van der Waals surface area contributed by atoms with E-state index < -0.39 is 4.92 Å². The molecule has 3 aromatic rings. The third-order valence-electron chi connectivity index (χ3n) is 6.69. The summed E-state index contributed by atoms with van der Waals surface area (Å²) in [7, 11) is 1.64. The molecule has 0 saturated heterocycles. The quantitative estimate of drug-likeness (QED) is 0.285. The molecule has 174 valence electrons. The summed E-state index contributed by atoms with van der Waals surface area (Å²) < 4.78 is 23.0. The van der Waals surface area contributed by atoms with Gasteiger partial charge in [-0.05, 0) is 59.9 Å². The summed E-state index contributed by atoms with van der Waals surface area (Å²) in [5, 5.41) is 10.9. The number of nitrogens with zero attached hydrogens (tertiary/aromatic N) is 2. The number of methoxy groups -OCH3 is 1. The highest BCUT2D eigenvalue weighted by Crippen LogP contribution is 2.47. The van der Waals surface area contributed by atoms with Gasteiger partial charge in [0.15, 0.2) is 23.0 Å². The van der Waals surface area contributed by atoms with Crippen molar-refractivity contribution in [1.82, 2.24) is 4.90 Å². The maximum absolute atomic E-state index is 10.9. The molecule has 6 rings (SSSR count). The van der Waals surface area contributed by atoms with Gasteiger partial charge in [-0.2, -0.15) is 0 Å². The van der Waals surface area contributed by atoms with E-state index in [-0.39, 0.29) is 18.5 Å². The normalized spacial score (nSPS) is 18.0. The molecule has 1 unspecified atom stereocenters. The second kappa shape index (κ2) is 8.41. The van der Waals surface area contributed by atoms with E-state index in [2.05, 4.69) is 23.1 Å². The first-order chi connectivity index (χ1) is 16.6. The second-order valence-corrected chi connectivity index (χ2v) is 9.30. The molecular formula is C25H22N2O6S. The molecule has 0 N–H and O–H groups in total. The van der Waals surface area contributed by atoms with Crippen molar-refractivity contribution in [3.63, 3.8) is 0 Å². The van der Waals surface area contributed by atoms with Gasteiger partial charge in [0.25, 0.3) is 5.69 Å². The van der Waals surface area contributed by atoms with Crippen LogP contribution in [-0.4, -0.2) is 30.3 Å². The minimum absolute atomic E-state index is 0.0537. The maximum atomic E-state index is 10.9. The van der Waals surface area contributed by atoms with E-state index >= 15 is 0 Å². The van der Waals surface area contributed by atoms with Crippen molar-refractivity contribution >= 4 is 17.7 Å². The summed E-state index contributed by atoms with van der Waals surface area (Å²) >= 11 is 1.18. The Kier molecular flexibility index (Phi) is 5.23. The number of hydrogen-bond acceptors (Lipinski definition) is 8. The van der Waals surface area contributed by atoms with Gasteiger partial charge < -0.3 is 18.4 Å². The Morgan fingerprint density at radius 1 is 1.09 bits per heavy atom. The van der Waals surface area contributed by atoms with Crippen LogP contribution in [0.5, 0.6) is 23.0 Å². The van der Waals surface area contributed by atoms with Gasteiger partial charge in [-0.1, -0.05) is 6.07 Å². The Bertz CT molecular complexity index is 1280. The number of benzene rings is 3. The number of nitro benzene ring substituents is 1. The first kappa shape index (κ1) is 21.1. The molecule has 3 heterocycles. The van der Waals surface area contributed by atoms with Crippen molar-refractivity contribution in [3.8, 4) is 23.0 Å². The van der Waals surface area contributed by atoms with Crippen molar-refractivity contribution in [2.45, 2.75) is 30.3 Å². The van der Waals surface area contributed by atoms with Gasteiger partial charge in [-0.15, -0.1) is 0 Å². The highest BCUT2D eigenvalue weighted by molar-refractivity contribution is 7.95. The smallest absolute Gasteiger partial charge is 0.269 e. The molecule has 0 radical (unpaired) electrons. The van der Waals surface area contributed by atoms with Crippen LogP contribution in [0.1, 0.15) is 28.3 Å². The molecule has 8 nitrogen and oxygen atoms in total. The van der Waals surface area contributed by atoms with E-state index in [1.165, 1.54) is 40.9 Å². The minimum atomic E-state index is -0.410. The first-order valence-corrected chi connectivity index (χ1v) is 11.8. The van der Waals surface area contributed by atoms with Crippen molar-refractivity contribution in [3.05, 3.63) is 80.9 Å². The molecule has 0 fully saturated rings. The third-order valence-corrected chi connectivity index (χ3v) is 7.40. The number of nitro groups is 1. The minimum Gasteiger partial charge on any atom is -0.493 e. The average molecular weight is 479 g/mol. The second-order valence-electron chi connectivity index (χ2n) is 8.50. The average Bonchev–Trinajstić information content (AvgIpc) is 3.32. The van der Waals surface area contributed by atoms with Crippen LogP contribution < -0.4 is 18.4 Å².